The van der Waals surface area contributed by atoms with Gasteiger partial charge in [-0.15, -0.1) is 16.4 Å². The van der Waals surface area contributed by atoms with Crippen LogP contribution in [0.5, 0.6) is 11.5 Å². The van der Waals surface area contributed by atoms with E-state index in [4.69, 9.17) is 9.47 Å². The standard InChI is InChI=1S/C23H22N4O3S/c1-26(14-15-30-19-12-10-18(29-2)11-13-19)23(28)21-24-22(20-9-6-16-31-20)27(25-21)17-7-4-3-5-8-17/h3-13,16H,14-15H2,1-2H3. The number of amides is 1. The van der Waals surface area contributed by atoms with Gasteiger partial charge in [0, 0.05) is 7.05 Å². The van der Waals surface area contributed by atoms with Gasteiger partial charge in [0.2, 0.25) is 5.82 Å². The SMILES string of the molecule is COc1ccc(OCCN(C)C(=O)c2nc(-c3cccs3)n(-c3ccccc3)n2)cc1. The number of aromatic nitrogens is 3. The normalized spacial score (nSPS) is 10.6. The number of hydrogen-bond acceptors (Lipinski definition) is 6. The topological polar surface area (TPSA) is 69.5 Å². The minimum absolute atomic E-state index is 0.152. The molecule has 0 aliphatic carbocycles. The van der Waals surface area contributed by atoms with Gasteiger partial charge in [0.05, 0.1) is 24.2 Å². The first kappa shape index (κ1) is 20.6. The Balaban J connectivity index is 1.47. The first-order chi connectivity index (χ1) is 15.2. The summed E-state index contributed by atoms with van der Waals surface area (Å²) in [5.74, 6) is 2.02. The van der Waals surface area contributed by atoms with Crippen LogP contribution in [0.15, 0.2) is 72.1 Å². The van der Waals surface area contributed by atoms with Gasteiger partial charge >= 0.3 is 0 Å². The first-order valence-corrected chi connectivity index (χ1v) is 10.6. The van der Waals surface area contributed by atoms with E-state index in [0.717, 1.165) is 16.3 Å². The summed E-state index contributed by atoms with van der Waals surface area (Å²) in [6.45, 7) is 0.755. The van der Waals surface area contributed by atoms with Gasteiger partial charge in [0.25, 0.3) is 5.91 Å². The molecule has 1 amide bonds. The van der Waals surface area contributed by atoms with Crippen molar-refractivity contribution in [3.05, 3.63) is 77.9 Å². The lowest BCUT2D eigenvalue weighted by atomic mass is 10.3. The Morgan fingerprint density at radius 3 is 2.45 bits per heavy atom. The van der Waals surface area contributed by atoms with Gasteiger partial charge in [-0.25, -0.2) is 9.67 Å². The Morgan fingerprint density at radius 2 is 1.77 bits per heavy atom. The summed E-state index contributed by atoms with van der Waals surface area (Å²) in [6, 6.07) is 20.9. The molecule has 0 saturated carbocycles. The zero-order valence-corrected chi connectivity index (χ0v) is 18.1. The van der Waals surface area contributed by atoms with Crippen molar-refractivity contribution in [1.82, 2.24) is 19.7 Å². The maximum atomic E-state index is 13.0. The predicted octanol–water partition coefficient (Wildman–Crippen LogP) is 4.16. The number of ether oxygens (including phenoxy) is 2. The van der Waals surface area contributed by atoms with Crippen molar-refractivity contribution in [2.45, 2.75) is 0 Å². The van der Waals surface area contributed by atoms with Crippen molar-refractivity contribution in [2.24, 2.45) is 0 Å². The van der Waals surface area contributed by atoms with Crippen LogP contribution in [0.3, 0.4) is 0 Å². The number of rotatable bonds is 8. The summed E-state index contributed by atoms with van der Waals surface area (Å²) in [5, 5.41) is 6.48. The highest BCUT2D eigenvalue weighted by molar-refractivity contribution is 7.13. The van der Waals surface area contributed by atoms with Crippen LogP contribution in [-0.2, 0) is 0 Å². The zero-order chi connectivity index (χ0) is 21.6. The van der Waals surface area contributed by atoms with E-state index in [1.807, 2.05) is 72.1 Å². The van der Waals surface area contributed by atoms with Crippen LogP contribution >= 0.6 is 11.3 Å². The zero-order valence-electron chi connectivity index (χ0n) is 17.3. The molecule has 2 aromatic heterocycles. The number of benzene rings is 2. The van der Waals surface area contributed by atoms with Crippen LogP contribution in [0.2, 0.25) is 0 Å². The maximum Gasteiger partial charge on any atom is 0.293 e. The molecule has 4 rings (SSSR count). The lowest BCUT2D eigenvalue weighted by molar-refractivity contribution is 0.0762. The number of carbonyl (C=O) groups is 1. The summed E-state index contributed by atoms with van der Waals surface area (Å²) >= 11 is 1.56. The lowest BCUT2D eigenvalue weighted by Crippen LogP contribution is -2.31. The van der Waals surface area contributed by atoms with E-state index in [1.54, 1.807) is 35.1 Å². The van der Waals surface area contributed by atoms with Crippen LogP contribution < -0.4 is 9.47 Å². The van der Waals surface area contributed by atoms with Gasteiger partial charge in [-0.3, -0.25) is 4.79 Å². The molecule has 0 aliphatic rings. The second-order valence-corrected chi connectivity index (χ2v) is 7.68. The van der Waals surface area contributed by atoms with Crippen LogP contribution in [0.1, 0.15) is 10.6 Å². The predicted molar refractivity (Wildman–Crippen MR) is 120 cm³/mol. The average Bonchev–Trinajstić information content (AvgIpc) is 3.49. The van der Waals surface area contributed by atoms with E-state index in [1.165, 1.54) is 0 Å². The molecule has 0 N–H and O–H groups in total. The lowest BCUT2D eigenvalue weighted by Gasteiger charge is -2.15. The smallest absolute Gasteiger partial charge is 0.293 e. The van der Waals surface area contributed by atoms with Crippen LogP contribution in [0.25, 0.3) is 16.4 Å². The molecule has 4 aromatic rings. The molecule has 0 spiro atoms. The van der Waals surface area contributed by atoms with Gasteiger partial charge in [0.1, 0.15) is 18.1 Å². The number of thiophene rings is 1. The van der Waals surface area contributed by atoms with Crippen molar-refractivity contribution in [3.8, 4) is 27.9 Å². The van der Waals surface area contributed by atoms with E-state index in [-0.39, 0.29) is 11.7 Å². The number of carbonyl (C=O) groups excluding carboxylic acids is 1. The highest BCUT2D eigenvalue weighted by Crippen LogP contribution is 2.25. The minimum Gasteiger partial charge on any atom is -0.497 e. The molecule has 2 aromatic carbocycles. The molecule has 8 heteroatoms. The molecular formula is C23H22N4O3S. The van der Waals surface area contributed by atoms with E-state index in [9.17, 15) is 4.79 Å². The van der Waals surface area contributed by atoms with E-state index >= 15 is 0 Å². The fourth-order valence-electron chi connectivity index (χ4n) is 2.96. The first-order valence-electron chi connectivity index (χ1n) is 9.74. The number of methoxy groups -OCH3 is 1. The van der Waals surface area contributed by atoms with Crippen molar-refractivity contribution in [3.63, 3.8) is 0 Å². The monoisotopic (exact) mass is 434 g/mol. The van der Waals surface area contributed by atoms with Gasteiger partial charge in [-0.2, -0.15) is 0 Å². The van der Waals surface area contributed by atoms with Crippen molar-refractivity contribution < 1.29 is 14.3 Å². The third-order valence-electron chi connectivity index (χ3n) is 4.64. The molecule has 2 heterocycles. The van der Waals surface area contributed by atoms with E-state index in [2.05, 4.69) is 10.1 Å². The molecule has 0 fully saturated rings. The van der Waals surface area contributed by atoms with Gasteiger partial charge in [-0.05, 0) is 47.8 Å². The van der Waals surface area contributed by atoms with Crippen molar-refractivity contribution in [2.75, 3.05) is 27.3 Å². The molecule has 0 unspecified atom stereocenters. The largest absolute Gasteiger partial charge is 0.497 e. The molecule has 0 atom stereocenters. The Morgan fingerprint density at radius 1 is 1.03 bits per heavy atom. The minimum atomic E-state index is -0.259. The third kappa shape index (κ3) is 4.75. The summed E-state index contributed by atoms with van der Waals surface area (Å²) in [7, 11) is 3.33. The molecule has 0 bridgehead atoms. The third-order valence-corrected chi connectivity index (χ3v) is 5.51. The highest BCUT2D eigenvalue weighted by atomic mass is 32.1. The summed E-state index contributed by atoms with van der Waals surface area (Å²) in [6.07, 6.45) is 0. The Bertz CT molecular complexity index is 1130. The van der Waals surface area contributed by atoms with Gasteiger partial charge in [0.15, 0.2) is 5.82 Å². The fourth-order valence-corrected chi connectivity index (χ4v) is 3.66. The van der Waals surface area contributed by atoms with E-state index in [0.29, 0.717) is 24.7 Å². The molecule has 0 saturated heterocycles. The number of likely N-dealkylation sites (N-methyl/N-ethyl adjacent to an activating group) is 1. The van der Waals surface area contributed by atoms with Crippen LogP contribution in [0, 0.1) is 0 Å². The Hall–Kier alpha value is -3.65. The van der Waals surface area contributed by atoms with E-state index < -0.39 is 0 Å². The maximum absolute atomic E-state index is 13.0. The second kappa shape index (κ2) is 9.44. The molecule has 31 heavy (non-hydrogen) atoms. The second-order valence-electron chi connectivity index (χ2n) is 6.73. The summed E-state index contributed by atoms with van der Waals surface area (Å²) < 4.78 is 12.6. The molecule has 158 valence electrons. The number of nitrogens with zero attached hydrogens (tertiary/aromatic N) is 4. The average molecular weight is 435 g/mol. The summed E-state index contributed by atoms with van der Waals surface area (Å²) in [4.78, 5) is 20.0. The van der Waals surface area contributed by atoms with Crippen molar-refractivity contribution in [1.29, 1.82) is 0 Å². The summed E-state index contributed by atoms with van der Waals surface area (Å²) in [5.41, 5.74) is 0.850. The Labute approximate surface area is 184 Å². The number of para-hydroxylation sites is 1. The fraction of sp³-hybridized carbons (Fsp3) is 0.174. The van der Waals surface area contributed by atoms with Crippen molar-refractivity contribution >= 4 is 17.2 Å². The Kier molecular flexibility index (Phi) is 6.28. The molecule has 0 aliphatic heterocycles. The number of hydrogen-bond donors (Lipinski definition) is 0. The van der Waals surface area contributed by atoms with Crippen LogP contribution in [0.4, 0.5) is 0 Å². The van der Waals surface area contributed by atoms with Gasteiger partial charge in [-0.1, -0.05) is 24.3 Å². The molecule has 0 radical (unpaired) electrons. The van der Waals surface area contributed by atoms with Gasteiger partial charge < -0.3 is 14.4 Å². The molecule has 7 nitrogen and oxygen atoms in total. The van der Waals surface area contributed by atoms with Crippen LogP contribution in [-0.4, -0.2) is 52.9 Å². The highest BCUT2D eigenvalue weighted by Gasteiger charge is 2.22. The quantitative estimate of drug-likeness (QED) is 0.417. The molecular weight excluding hydrogens is 412 g/mol.